The van der Waals surface area contributed by atoms with E-state index in [1.807, 2.05) is 54.4 Å². The average molecular weight is 420 g/mol. The summed E-state index contributed by atoms with van der Waals surface area (Å²) in [5, 5.41) is 4.10. The predicted molar refractivity (Wildman–Crippen MR) is 125 cm³/mol. The zero-order valence-corrected chi connectivity index (χ0v) is 18.0. The third kappa shape index (κ3) is 4.54. The second-order valence-corrected chi connectivity index (χ2v) is 8.69. The molecule has 4 rings (SSSR count). The Balaban J connectivity index is 1.34. The van der Waals surface area contributed by atoms with Crippen LogP contribution in [0.2, 0.25) is 0 Å². The van der Waals surface area contributed by atoms with Crippen LogP contribution in [0.5, 0.6) is 0 Å². The third-order valence-electron chi connectivity index (χ3n) is 5.55. The minimum absolute atomic E-state index is 0.101. The number of hydrogen-bond acceptors (Lipinski definition) is 4. The molecular weight excluding hydrogens is 394 g/mol. The summed E-state index contributed by atoms with van der Waals surface area (Å²) in [5.41, 5.74) is 1.87. The Morgan fingerprint density at radius 2 is 1.93 bits per heavy atom. The lowest BCUT2D eigenvalue weighted by molar-refractivity contribution is -0.129. The Kier molecular flexibility index (Phi) is 5.86. The quantitative estimate of drug-likeness (QED) is 0.615. The first-order valence-corrected chi connectivity index (χ1v) is 10.9. The van der Waals surface area contributed by atoms with Gasteiger partial charge in [0.2, 0.25) is 11.8 Å². The molecule has 154 valence electrons. The van der Waals surface area contributed by atoms with E-state index in [9.17, 15) is 9.59 Å². The number of likely N-dealkylation sites (N-methyl/N-ethyl adjacent to an activating group) is 1. The van der Waals surface area contributed by atoms with Crippen LogP contribution >= 0.6 is 11.3 Å². The van der Waals surface area contributed by atoms with Crippen molar-refractivity contribution in [1.29, 1.82) is 0 Å². The highest BCUT2D eigenvalue weighted by atomic mass is 32.1. The fourth-order valence-electron chi connectivity index (χ4n) is 3.73. The molecule has 30 heavy (non-hydrogen) atoms. The molecule has 1 fully saturated rings. The third-order valence-corrected chi connectivity index (χ3v) is 6.63. The van der Waals surface area contributed by atoms with E-state index in [-0.39, 0.29) is 17.9 Å². The maximum atomic E-state index is 12.3. The lowest BCUT2D eigenvalue weighted by Gasteiger charge is -2.24. The van der Waals surface area contributed by atoms with Crippen LogP contribution in [0.3, 0.4) is 0 Å². The highest BCUT2D eigenvalue weighted by Crippen LogP contribution is 2.26. The van der Waals surface area contributed by atoms with Crippen LogP contribution in [0.1, 0.15) is 18.2 Å². The number of carbonyl (C=O) groups is 2. The number of thiophene rings is 1. The summed E-state index contributed by atoms with van der Waals surface area (Å²) < 4.78 is 1.21. The standard InChI is InChI=1S/C24H25N3O2S/c1-17(28)26(2)21-13-14-27(16-21)20-9-7-19(8-10-20)25-24(29)12-11-22-15-18-5-3-4-6-23(18)30-22/h3-12,15,21H,13-14,16H2,1-2H3,(H,25,29). The number of benzene rings is 2. The molecule has 6 heteroatoms. The van der Waals surface area contributed by atoms with Gasteiger partial charge in [0, 0.05) is 54.1 Å². The molecule has 0 bridgehead atoms. The number of fused-ring (bicyclic) bond motifs is 1. The Labute approximate surface area is 180 Å². The van der Waals surface area contributed by atoms with Gasteiger partial charge in [-0.05, 0) is 54.3 Å². The van der Waals surface area contributed by atoms with Crippen molar-refractivity contribution in [2.24, 2.45) is 0 Å². The van der Waals surface area contributed by atoms with Gasteiger partial charge in [-0.15, -0.1) is 11.3 Å². The highest BCUT2D eigenvalue weighted by molar-refractivity contribution is 7.19. The van der Waals surface area contributed by atoms with Crippen LogP contribution in [-0.4, -0.2) is 42.9 Å². The molecule has 2 heterocycles. The van der Waals surface area contributed by atoms with Crippen molar-refractivity contribution in [2.75, 3.05) is 30.4 Å². The maximum absolute atomic E-state index is 12.3. The molecule has 1 saturated heterocycles. The Bertz CT molecular complexity index is 1050. The molecule has 1 N–H and O–H groups in total. The molecule has 2 aromatic carbocycles. The summed E-state index contributed by atoms with van der Waals surface area (Å²) >= 11 is 1.67. The van der Waals surface area contributed by atoms with Gasteiger partial charge in [-0.1, -0.05) is 18.2 Å². The molecule has 0 saturated carbocycles. The molecule has 0 aliphatic carbocycles. The first-order chi connectivity index (χ1) is 14.5. The number of amides is 2. The van der Waals surface area contributed by atoms with E-state index in [2.05, 4.69) is 28.4 Å². The van der Waals surface area contributed by atoms with E-state index >= 15 is 0 Å². The first-order valence-electron chi connectivity index (χ1n) is 10.1. The van der Waals surface area contributed by atoms with Crippen molar-refractivity contribution >= 4 is 50.7 Å². The van der Waals surface area contributed by atoms with Crippen molar-refractivity contribution in [2.45, 2.75) is 19.4 Å². The number of carbonyl (C=O) groups excluding carboxylic acids is 2. The lowest BCUT2D eigenvalue weighted by Crippen LogP contribution is -2.37. The van der Waals surface area contributed by atoms with Crippen LogP contribution in [-0.2, 0) is 9.59 Å². The van der Waals surface area contributed by atoms with Crippen molar-refractivity contribution in [3.8, 4) is 0 Å². The number of rotatable bonds is 5. The van der Waals surface area contributed by atoms with Gasteiger partial charge in [0.1, 0.15) is 0 Å². The molecule has 1 aliphatic heterocycles. The van der Waals surface area contributed by atoms with Gasteiger partial charge < -0.3 is 15.1 Å². The smallest absolute Gasteiger partial charge is 0.248 e. The monoisotopic (exact) mass is 419 g/mol. The van der Waals surface area contributed by atoms with E-state index in [0.717, 1.165) is 35.8 Å². The van der Waals surface area contributed by atoms with Crippen LogP contribution in [0.25, 0.3) is 16.2 Å². The number of nitrogens with one attached hydrogen (secondary N) is 1. The molecule has 3 aromatic rings. The van der Waals surface area contributed by atoms with Crippen LogP contribution in [0.4, 0.5) is 11.4 Å². The zero-order chi connectivity index (χ0) is 21.1. The largest absolute Gasteiger partial charge is 0.369 e. The van der Waals surface area contributed by atoms with Crippen molar-refractivity contribution in [3.05, 3.63) is 65.6 Å². The zero-order valence-electron chi connectivity index (χ0n) is 17.2. The van der Waals surface area contributed by atoms with E-state index in [1.165, 1.54) is 10.1 Å². The van der Waals surface area contributed by atoms with Gasteiger partial charge >= 0.3 is 0 Å². The van der Waals surface area contributed by atoms with E-state index in [1.54, 1.807) is 24.3 Å². The molecule has 1 unspecified atom stereocenters. The minimum atomic E-state index is -0.149. The van der Waals surface area contributed by atoms with Crippen molar-refractivity contribution < 1.29 is 9.59 Å². The highest BCUT2D eigenvalue weighted by Gasteiger charge is 2.27. The maximum Gasteiger partial charge on any atom is 0.248 e. The SMILES string of the molecule is CC(=O)N(C)C1CCN(c2ccc(NC(=O)C=Cc3cc4ccccc4s3)cc2)C1. The summed E-state index contributed by atoms with van der Waals surface area (Å²) in [6.07, 6.45) is 4.39. The van der Waals surface area contributed by atoms with E-state index < -0.39 is 0 Å². The number of hydrogen-bond donors (Lipinski definition) is 1. The summed E-state index contributed by atoms with van der Waals surface area (Å²) in [5.74, 6) is -0.0480. The van der Waals surface area contributed by atoms with Gasteiger partial charge in [0.25, 0.3) is 0 Å². The van der Waals surface area contributed by atoms with E-state index in [0.29, 0.717) is 0 Å². The second kappa shape index (κ2) is 8.71. The average Bonchev–Trinajstić information content (AvgIpc) is 3.39. The lowest BCUT2D eigenvalue weighted by atomic mass is 10.2. The minimum Gasteiger partial charge on any atom is -0.369 e. The van der Waals surface area contributed by atoms with Gasteiger partial charge in [-0.3, -0.25) is 9.59 Å². The predicted octanol–water partition coefficient (Wildman–Crippen LogP) is 4.61. The Morgan fingerprint density at radius 3 is 2.67 bits per heavy atom. The first kappa shape index (κ1) is 20.2. The van der Waals surface area contributed by atoms with Gasteiger partial charge in [-0.25, -0.2) is 0 Å². The molecular formula is C24H25N3O2S. The fourth-order valence-corrected chi connectivity index (χ4v) is 4.70. The van der Waals surface area contributed by atoms with Gasteiger partial charge in [0.05, 0.1) is 6.04 Å². The molecule has 1 atom stereocenters. The molecule has 2 amide bonds. The second-order valence-electron chi connectivity index (χ2n) is 7.57. The van der Waals surface area contributed by atoms with E-state index in [4.69, 9.17) is 0 Å². The fraction of sp³-hybridized carbons (Fsp3) is 0.250. The Hall–Kier alpha value is -3.12. The van der Waals surface area contributed by atoms with Crippen molar-refractivity contribution in [1.82, 2.24) is 4.90 Å². The topological polar surface area (TPSA) is 52.7 Å². The van der Waals surface area contributed by atoms with Crippen LogP contribution in [0, 0.1) is 0 Å². The molecule has 1 aliphatic rings. The number of nitrogens with zero attached hydrogens (tertiary/aromatic N) is 2. The number of anilines is 2. The molecule has 5 nitrogen and oxygen atoms in total. The summed E-state index contributed by atoms with van der Waals surface area (Å²) in [7, 11) is 1.86. The van der Waals surface area contributed by atoms with Crippen molar-refractivity contribution in [3.63, 3.8) is 0 Å². The van der Waals surface area contributed by atoms with Crippen LogP contribution < -0.4 is 10.2 Å². The summed E-state index contributed by atoms with van der Waals surface area (Å²) in [6, 6.07) is 18.4. The summed E-state index contributed by atoms with van der Waals surface area (Å²) in [4.78, 5) is 29.0. The normalized spacial score (nSPS) is 16.3. The van der Waals surface area contributed by atoms with Crippen LogP contribution in [0.15, 0.2) is 60.7 Å². The van der Waals surface area contributed by atoms with Gasteiger partial charge in [-0.2, -0.15) is 0 Å². The molecule has 0 radical (unpaired) electrons. The Morgan fingerprint density at radius 1 is 1.17 bits per heavy atom. The summed E-state index contributed by atoms with van der Waals surface area (Å²) in [6.45, 7) is 3.36. The molecule has 0 spiro atoms. The van der Waals surface area contributed by atoms with Gasteiger partial charge in [0.15, 0.2) is 0 Å². The molecule has 1 aromatic heterocycles.